The first-order valence-electron chi connectivity index (χ1n) is 8.42. The van der Waals surface area contributed by atoms with Gasteiger partial charge in [-0.3, -0.25) is 9.97 Å². The van der Waals surface area contributed by atoms with Crippen molar-refractivity contribution in [3.05, 3.63) is 72.8 Å². The van der Waals surface area contributed by atoms with E-state index in [4.69, 9.17) is 0 Å². The van der Waals surface area contributed by atoms with Gasteiger partial charge in [-0.1, -0.05) is 27.7 Å². The summed E-state index contributed by atoms with van der Waals surface area (Å²) in [6.07, 6.45) is 7.08. The van der Waals surface area contributed by atoms with E-state index in [0.29, 0.717) is 0 Å². The Hall–Kier alpha value is -2.52. The lowest BCUT2D eigenvalue weighted by Crippen LogP contribution is -1.89. The van der Waals surface area contributed by atoms with Crippen molar-refractivity contribution >= 4 is 0 Å². The Kier molecular flexibility index (Phi) is 9.02. The van der Waals surface area contributed by atoms with E-state index in [1.165, 1.54) is 0 Å². The van der Waals surface area contributed by atoms with Crippen LogP contribution in [0.4, 0.5) is 0 Å². The summed E-state index contributed by atoms with van der Waals surface area (Å²) in [5.74, 6) is 0. The number of aliphatic hydroxyl groups excluding tert-OH is 1. The topological polar surface area (TPSA) is 46.0 Å². The number of hydrogen-bond acceptors (Lipinski definition) is 3. The number of pyridine rings is 2. The SMILES string of the molecule is CC.CC.OCc1cc(-c2ccncc2)cc(-c2ccncc2)c1. The summed E-state index contributed by atoms with van der Waals surface area (Å²) in [6.45, 7) is 8.02. The van der Waals surface area contributed by atoms with Crippen LogP contribution in [0.3, 0.4) is 0 Å². The highest BCUT2D eigenvalue weighted by Crippen LogP contribution is 2.27. The molecule has 3 aromatic rings. The number of rotatable bonds is 3. The van der Waals surface area contributed by atoms with E-state index >= 15 is 0 Å². The van der Waals surface area contributed by atoms with Gasteiger partial charge in [-0.15, -0.1) is 0 Å². The largest absolute Gasteiger partial charge is 0.392 e. The zero-order chi connectivity index (χ0) is 17.8. The van der Waals surface area contributed by atoms with Gasteiger partial charge in [0.15, 0.2) is 0 Å². The van der Waals surface area contributed by atoms with Crippen molar-refractivity contribution in [2.45, 2.75) is 34.3 Å². The van der Waals surface area contributed by atoms with Crippen molar-refractivity contribution in [2.75, 3.05) is 0 Å². The summed E-state index contributed by atoms with van der Waals surface area (Å²) in [5.41, 5.74) is 5.22. The van der Waals surface area contributed by atoms with E-state index in [1.807, 2.05) is 64.1 Å². The molecule has 0 unspecified atom stereocenters. The molecule has 0 aliphatic heterocycles. The minimum absolute atomic E-state index is 0.0248. The monoisotopic (exact) mass is 322 g/mol. The first-order valence-corrected chi connectivity index (χ1v) is 8.42. The Labute approximate surface area is 145 Å². The predicted octanol–water partition coefficient (Wildman–Crippen LogP) is 5.36. The standard InChI is InChI=1S/C17H14N2O.2C2H6/c20-12-13-9-16(14-1-5-18-6-2-14)11-17(10-13)15-3-7-19-8-4-15;2*1-2/h1-11,20H,12H2;2*1-2H3. The molecule has 0 saturated carbocycles. The van der Waals surface area contributed by atoms with Gasteiger partial charge in [0, 0.05) is 24.8 Å². The minimum Gasteiger partial charge on any atom is -0.392 e. The Bertz CT molecular complexity index is 640. The van der Waals surface area contributed by atoms with Crippen LogP contribution in [0, 0.1) is 0 Å². The summed E-state index contributed by atoms with van der Waals surface area (Å²) in [4.78, 5) is 8.07. The van der Waals surface area contributed by atoms with Gasteiger partial charge in [-0.25, -0.2) is 0 Å². The van der Waals surface area contributed by atoms with Crippen LogP contribution in [0.15, 0.2) is 67.3 Å². The molecule has 126 valence electrons. The summed E-state index contributed by atoms with van der Waals surface area (Å²) >= 11 is 0. The van der Waals surface area contributed by atoms with E-state index in [0.717, 1.165) is 27.8 Å². The maximum atomic E-state index is 9.46. The zero-order valence-corrected chi connectivity index (χ0v) is 14.9. The molecule has 0 spiro atoms. The second-order valence-corrected chi connectivity index (χ2v) is 4.55. The van der Waals surface area contributed by atoms with Gasteiger partial charge >= 0.3 is 0 Å². The van der Waals surface area contributed by atoms with E-state index in [2.05, 4.69) is 16.0 Å². The first-order chi connectivity index (χ1) is 11.9. The Morgan fingerprint density at radius 2 is 1.00 bits per heavy atom. The van der Waals surface area contributed by atoms with Gasteiger partial charge < -0.3 is 5.11 Å². The second kappa shape index (κ2) is 11.1. The molecular formula is C21H26N2O. The molecule has 0 amide bonds. The molecule has 0 aliphatic carbocycles. The molecule has 3 heteroatoms. The molecule has 2 aromatic heterocycles. The van der Waals surface area contributed by atoms with Crippen molar-refractivity contribution in [3.63, 3.8) is 0 Å². The van der Waals surface area contributed by atoms with Crippen molar-refractivity contribution in [3.8, 4) is 22.3 Å². The summed E-state index contributed by atoms with van der Waals surface area (Å²) in [5, 5.41) is 9.46. The highest BCUT2D eigenvalue weighted by molar-refractivity contribution is 5.73. The molecule has 0 saturated heterocycles. The van der Waals surface area contributed by atoms with Crippen LogP contribution in [0.5, 0.6) is 0 Å². The molecule has 0 aliphatic rings. The molecule has 1 aromatic carbocycles. The van der Waals surface area contributed by atoms with Crippen molar-refractivity contribution in [1.29, 1.82) is 0 Å². The molecule has 3 rings (SSSR count). The van der Waals surface area contributed by atoms with Crippen molar-refractivity contribution < 1.29 is 5.11 Å². The van der Waals surface area contributed by atoms with Crippen LogP contribution in [-0.4, -0.2) is 15.1 Å². The molecule has 24 heavy (non-hydrogen) atoms. The lowest BCUT2D eigenvalue weighted by molar-refractivity contribution is 0.282. The Balaban J connectivity index is 0.000000671. The zero-order valence-electron chi connectivity index (χ0n) is 14.9. The van der Waals surface area contributed by atoms with Gasteiger partial charge in [-0.2, -0.15) is 0 Å². The van der Waals surface area contributed by atoms with Gasteiger partial charge in [0.25, 0.3) is 0 Å². The molecule has 0 radical (unpaired) electrons. The van der Waals surface area contributed by atoms with Crippen molar-refractivity contribution in [2.24, 2.45) is 0 Å². The van der Waals surface area contributed by atoms with E-state index < -0.39 is 0 Å². The highest BCUT2D eigenvalue weighted by atomic mass is 16.3. The summed E-state index contributed by atoms with van der Waals surface area (Å²) in [6, 6.07) is 14.0. The second-order valence-electron chi connectivity index (χ2n) is 4.55. The van der Waals surface area contributed by atoms with Gasteiger partial charge in [0.1, 0.15) is 0 Å². The quantitative estimate of drug-likeness (QED) is 0.706. The number of nitrogens with zero attached hydrogens (tertiary/aromatic N) is 2. The third-order valence-corrected chi connectivity index (χ3v) is 3.20. The van der Waals surface area contributed by atoms with E-state index in [-0.39, 0.29) is 6.61 Å². The molecule has 1 N–H and O–H groups in total. The van der Waals surface area contributed by atoms with Crippen LogP contribution in [0.25, 0.3) is 22.3 Å². The van der Waals surface area contributed by atoms with Gasteiger partial charge in [0.2, 0.25) is 0 Å². The first kappa shape index (κ1) is 19.5. The number of hydrogen-bond donors (Lipinski definition) is 1. The van der Waals surface area contributed by atoms with Crippen LogP contribution in [-0.2, 0) is 6.61 Å². The van der Waals surface area contributed by atoms with E-state index in [1.54, 1.807) is 24.8 Å². The predicted molar refractivity (Wildman–Crippen MR) is 102 cm³/mol. The normalized spacial score (nSPS) is 9.21. The lowest BCUT2D eigenvalue weighted by Gasteiger charge is -2.09. The average molecular weight is 322 g/mol. The minimum atomic E-state index is 0.0248. The van der Waals surface area contributed by atoms with Crippen LogP contribution < -0.4 is 0 Å². The fourth-order valence-electron chi connectivity index (χ4n) is 2.21. The average Bonchev–Trinajstić information content (AvgIpc) is 2.72. The number of aromatic nitrogens is 2. The molecule has 3 nitrogen and oxygen atoms in total. The smallest absolute Gasteiger partial charge is 0.0682 e. The highest BCUT2D eigenvalue weighted by Gasteiger charge is 2.05. The van der Waals surface area contributed by atoms with Crippen LogP contribution >= 0.6 is 0 Å². The Morgan fingerprint density at radius 3 is 1.33 bits per heavy atom. The lowest BCUT2D eigenvalue weighted by atomic mass is 9.97. The van der Waals surface area contributed by atoms with Gasteiger partial charge in [0.05, 0.1) is 6.61 Å². The molecule has 2 heterocycles. The van der Waals surface area contributed by atoms with Gasteiger partial charge in [-0.05, 0) is 70.3 Å². The molecular weight excluding hydrogens is 296 g/mol. The van der Waals surface area contributed by atoms with Crippen LogP contribution in [0.2, 0.25) is 0 Å². The van der Waals surface area contributed by atoms with Crippen LogP contribution in [0.1, 0.15) is 33.3 Å². The third kappa shape index (κ3) is 5.28. The number of aliphatic hydroxyl groups is 1. The fraction of sp³-hybridized carbons (Fsp3) is 0.238. The Morgan fingerprint density at radius 1 is 0.625 bits per heavy atom. The maximum Gasteiger partial charge on any atom is 0.0682 e. The summed E-state index contributed by atoms with van der Waals surface area (Å²) < 4.78 is 0. The molecule has 0 fully saturated rings. The third-order valence-electron chi connectivity index (χ3n) is 3.20. The van der Waals surface area contributed by atoms with E-state index in [9.17, 15) is 5.11 Å². The summed E-state index contributed by atoms with van der Waals surface area (Å²) in [7, 11) is 0. The maximum absolute atomic E-state index is 9.46. The fourth-order valence-corrected chi connectivity index (χ4v) is 2.21. The van der Waals surface area contributed by atoms with Crippen molar-refractivity contribution in [1.82, 2.24) is 9.97 Å². The molecule has 0 bridgehead atoms. The molecule has 0 atom stereocenters. The number of benzene rings is 1.